The van der Waals surface area contributed by atoms with Crippen LogP contribution in [0.25, 0.3) is 0 Å². The van der Waals surface area contributed by atoms with Gasteiger partial charge in [0.2, 0.25) is 0 Å². The number of carbonyl (C=O) groups excluding carboxylic acids is 1. The van der Waals surface area contributed by atoms with Gasteiger partial charge in [0.1, 0.15) is 0 Å². The first-order valence-corrected chi connectivity index (χ1v) is 6.17. The number of hydrogen-bond acceptors (Lipinski definition) is 3. The second-order valence-electron chi connectivity index (χ2n) is 4.57. The predicted octanol–water partition coefficient (Wildman–Crippen LogP) is 2.10. The molecular formula is C12H17ClN2O2. The first-order chi connectivity index (χ1) is 8.08. The Morgan fingerprint density at radius 2 is 2.41 bits per heavy atom. The van der Waals surface area contributed by atoms with E-state index in [-0.39, 0.29) is 11.1 Å². The van der Waals surface area contributed by atoms with Crippen molar-refractivity contribution < 1.29 is 9.21 Å². The van der Waals surface area contributed by atoms with Gasteiger partial charge in [0.05, 0.1) is 0 Å². The minimum atomic E-state index is -0.114. The van der Waals surface area contributed by atoms with E-state index in [1.165, 1.54) is 6.42 Å². The highest BCUT2D eigenvalue weighted by Gasteiger charge is 2.25. The van der Waals surface area contributed by atoms with E-state index in [2.05, 4.69) is 11.9 Å². The fraction of sp³-hybridized carbons (Fsp3) is 0.583. The van der Waals surface area contributed by atoms with Crippen molar-refractivity contribution in [1.29, 1.82) is 0 Å². The molecule has 1 amide bonds. The summed E-state index contributed by atoms with van der Waals surface area (Å²) in [4.78, 5) is 16.0. The quantitative estimate of drug-likeness (QED) is 0.831. The molecule has 1 aromatic rings. The highest BCUT2D eigenvalue weighted by atomic mass is 35.5. The normalized spacial score (nSPS) is 20.8. The third kappa shape index (κ3) is 2.82. The number of furan rings is 1. The molecule has 2 heterocycles. The number of nitrogens with zero attached hydrogens (tertiary/aromatic N) is 2. The lowest BCUT2D eigenvalue weighted by Gasteiger charge is -2.25. The minimum Gasteiger partial charge on any atom is -0.440 e. The average molecular weight is 257 g/mol. The molecule has 2 rings (SSSR count). The molecule has 1 aromatic heterocycles. The summed E-state index contributed by atoms with van der Waals surface area (Å²) in [5, 5.41) is 0.250. The summed E-state index contributed by atoms with van der Waals surface area (Å²) in [6.07, 6.45) is 2.35. The van der Waals surface area contributed by atoms with Gasteiger partial charge in [-0.2, -0.15) is 0 Å². The number of halogens is 1. The van der Waals surface area contributed by atoms with Crippen molar-refractivity contribution in [2.24, 2.45) is 0 Å². The molecule has 1 aliphatic heterocycles. The lowest BCUT2D eigenvalue weighted by molar-refractivity contribution is 0.0730. The largest absolute Gasteiger partial charge is 0.440 e. The van der Waals surface area contributed by atoms with Crippen LogP contribution in [0.5, 0.6) is 0 Å². The van der Waals surface area contributed by atoms with Crippen LogP contribution in [0, 0.1) is 0 Å². The molecule has 1 aliphatic rings. The van der Waals surface area contributed by atoms with Gasteiger partial charge < -0.3 is 14.2 Å². The maximum Gasteiger partial charge on any atom is 0.289 e. The van der Waals surface area contributed by atoms with Crippen molar-refractivity contribution in [3.8, 4) is 0 Å². The molecule has 0 N–H and O–H groups in total. The molecule has 0 spiro atoms. The lowest BCUT2D eigenvalue weighted by atomic mass is 10.2. The molecule has 1 atom stereocenters. The Morgan fingerprint density at radius 3 is 2.94 bits per heavy atom. The molecule has 0 saturated carbocycles. The summed E-state index contributed by atoms with van der Waals surface area (Å²) in [7, 11) is 3.89. The van der Waals surface area contributed by atoms with Crippen molar-refractivity contribution in [2.45, 2.75) is 18.9 Å². The van der Waals surface area contributed by atoms with E-state index in [1.54, 1.807) is 24.1 Å². The highest BCUT2D eigenvalue weighted by molar-refractivity contribution is 6.29. The number of hydrogen-bond donors (Lipinski definition) is 0. The lowest BCUT2D eigenvalue weighted by Crippen LogP contribution is -2.39. The number of amides is 1. The summed E-state index contributed by atoms with van der Waals surface area (Å²) in [6.45, 7) is 1.84. The Hall–Kier alpha value is -1.00. The standard InChI is InChI=1S/C12H17ClN2O2/c1-14-7-3-4-9(14)8-15(2)12(16)10-5-6-11(13)17-10/h5-6,9H,3-4,7-8H2,1-2H3. The van der Waals surface area contributed by atoms with Gasteiger partial charge in [-0.15, -0.1) is 0 Å². The molecule has 0 bridgehead atoms. The summed E-state index contributed by atoms with van der Waals surface area (Å²) < 4.78 is 5.12. The molecule has 4 nitrogen and oxygen atoms in total. The number of likely N-dealkylation sites (tertiary alicyclic amines) is 1. The van der Waals surface area contributed by atoms with Gasteiger partial charge >= 0.3 is 0 Å². The number of likely N-dealkylation sites (N-methyl/N-ethyl adjacent to an activating group) is 2. The third-order valence-corrected chi connectivity index (χ3v) is 3.49. The first kappa shape index (κ1) is 12.5. The number of rotatable bonds is 3. The van der Waals surface area contributed by atoms with Crippen LogP contribution in [0.4, 0.5) is 0 Å². The summed E-state index contributed by atoms with van der Waals surface area (Å²) in [5.74, 6) is 0.190. The van der Waals surface area contributed by atoms with Crippen LogP contribution >= 0.6 is 11.6 Å². The molecule has 0 aromatic carbocycles. The Labute approximate surface area is 106 Å². The molecular weight excluding hydrogens is 240 g/mol. The summed E-state index contributed by atoms with van der Waals surface area (Å²) in [5.41, 5.74) is 0. The maximum atomic E-state index is 12.0. The SMILES string of the molecule is CN(CC1CCCN1C)C(=O)c1ccc(Cl)o1. The van der Waals surface area contributed by atoms with Crippen molar-refractivity contribution in [2.75, 3.05) is 27.2 Å². The van der Waals surface area contributed by atoms with Gasteiger partial charge in [-0.1, -0.05) is 0 Å². The van der Waals surface area contributed by atoms with Crippen molar-refractivity contribution in [1.82, 2.24) is 9.80 Å². The van der Waals surface area contributed by atoms with E-state index in [4.69, 9.17) is 16.0 Å². The summed E-state index contributed by atoms with van der Waals surface area (Å²) >= 11 is 5.66. The zero-order chi connectivity index (χ0) is 12.4. The van der Waals surface area contributed by atoms with E-state index in [0.29, 0.717) is 11.8 Å². The van der Waals surface area contributed by atoms with Gasteiger partial charge in [-0.3, -0.25) is 4.79 Å². The Bertz CT molecular complexity index is 405. The molecule has 94 valence electrons. The Kier molecular flexibility index (Phi) is 3.74. The Morgan fingerprint density at radius 1 is 1.65 bits per heavy atom. The van der Waals surface area contributed by atoms with Crippen LogP contribution < -0.4 is 0 Å². The van der Waals surface area contributed by atoms with Crippen LogP contribution in [0.1, 0.15) is 23.4 Å². The molecule has 0 aliphatic carbocycles. The molecule has 1 fully saturated rings. The van der Waals surface area contributed by atoms with E-state index in [1.807, 2.05) is 0 Å². The average Bonchev–Trinajstić information content (AvgIpc) is 2.88. The van der Waals surface area contributed by atoms with Gasteiger partial charge in [-0.25, -0.2) is 0 Å². The van der Waals surface area contributed by atoms with Crippen LogP contribution in [-0.2, 0) is 0 Å². The van der Waals surface area contributed by atoms with Crippen molar-refractivity contribution >= 4 is 17.5 Å². The zero-order valence-electron chi connectivity index (χ0n) is 10.1. The van der Waals surface area contributed by atoms with Gasteiger partial charge in [-0.05, 0) is 50.2 Å². The molecule has 1 unspecified atom stereocenters. The van der Waals surface area contributed by atoms with Crippen molar-refractivity contribution in [3.05, 3.63) is 23.1 Å². The van der Waals surface area contributed by atoms with Crippen molar-refractivity contribution in [3.63, 3.8) is 0 Å². The van der Waals surface area contributed by atoms with Gasteiger partial charge in [0, 0.05) is 19.6 Å². The molecule has 0 radical (unpaired) electrons. The van der Waals surface area contributed by atoms with E-state index < -0.39 is 0 Å². The third-order valence-electron chi connectivity index (χ3n) is 3.29. The van der Waals surface area contributed by atoms with Crippen LogP contribution in [0.2, 0.25) is 5.22 Å². The zero-order valence-corrected chi connectivity index (χ0v) is 10.9. The second-order valence-corrected chi connectivity index (χ2v) is 4.94. The first-order valence-electron chi connectivity index (χ1n) is 5.79. The number of carbonyl (C=O) groups is 1. The smallest absolute Gasteiger partial charge is 0.289 e. The molecule has 5 heteroatoms. The predicted molar refractivity (Wildman–Crippen MR) is 66.3 cm³/mol. The second kappa shape index (κ2) is 5.10. The maximum absolute atomic E-state index is 12.0. The highest BCUT2D eigenvalue weighted by Crippen LogP contribution is 2.18. The van der Waals surface area contributed by atoms with Crippen LogP contribution in [0.15, 0.2) is 16.5 Å². The minimum absolute atomic E-state index is 0.114. The topological polar surface area (TPSA) is 36.7 Å². The van der Waals surface area contributed by atoms with E-state index in [0.717, 1.165) is 19.5 Å². The van der Waals surface area contributed by atoms with Gasteiger partial charge in [0.25, 0.3) is 5.91 Å². The van der Waals surface area contributed by atoms with E-state index >= 15 is 0 Å². The summed E-state index contributed by atoms with van der Waals surface area (Å²) in [6, 6.07) is 3.65. The van der Waals surface area contributed by atoms with Crippen LogP contribution in [-0.4, -0.2) is 48.9 Å². The fourth-order valence-corrected chi connectivity index (χ4v) is 2.37. The molecule has 17 heavy (non-hydrogen) atoms. The Balaban J connectivity index is 1.95. The van der Waals surface area contributed by atoms with E-state index in [9.17, 15) is 4.79 Å². The van der Waals surface area contributed by atoms with Crippen LogP contribution in [0.3, 0.4) is 0 Å². The monoisotopic (exact) mass is 256 g/mol. The molecule has 1 saturated heterocycles. The fourth-order valence-electron chi connectivity index (χ4n) is 2.23. The van der Waals surface area contributed by atoms with Gasteiger partial charge in [0.15, 0.2) is 11.0 Å².